The Morgan fingerprint density at radius 3 is 2.61 bits per heavy atom. The number of hydrogen-bond donors (Lipinski definition) is 0. The highest BCUT2D eigenvalue weighted by Gasteiger charge is 2.14. The first-order valence-electron chi connectivity index (χ1n) is 8.80. The molecule has 6 heteroatoms. The Bertz CT molecular complexity index is 1220. The number of ether oxygens (including phenoxy) is 2. The summed E-state index contributed by atoms with van der Waals surface area (Å²) in [5.74, 6) is 2.45. The molecule has 0 saturated heterocycles. The van der Waals surface area contributed by atoms with Crippen LogP contribution in [0.1, 0.15) is 5.69 Å². The number of hydrogen-bond acceptors (Lipinski definition) is 6. The van der Waals surface area contributed by atoms with Crippen LogP contribution in [0.25, 0.3) is 33.7 Å². The van der Waals surface area contributed by atoms with Crippen molar-refractivity contribution in [1.29, 1.82) is 0 Å². The third kappa shape index (κ3) is 3.05. The number of benzene rings is 2. The molecule has 138 valence electrons. The number of methoxy groups -OCH3 is 1. The minimum atomic E-state index is 0.351. The van der Waals surface area contributed by atoms with Crippen LogP contribution in [0.3, 0.4) is 0 Å². The largest absolute Gasteiger partial charge is 0.495 e. The predicted molar refractivity (Wildman–Crippen MR) is 104 cm³/mol. The average molecular weight is 372 g/mol. The number of fused-ring (bicyclic) bond motifs is 2. The van der Waals surface area contributed by atoms with E-state index >= 15 is 0 Å². The van der Waals surface area contributed by atoms with Gasteiger partial charge in [0.2, 0.25) is 0 Å². The lowest BCUT2D eigenvalue weighted by molar-refractivity contribution is 0.301. The van der Waals surface area contributed by atoms with Gasteiger partial charge in [-0.05, 0) is 36.4 Å². The van der Waals surface area contributed by atoms with Gasteiger partial charge in [-0.1, -0.05) is 18.2 Å². The van der Waals surface area contributed by atoms with Crippen molar-refractivity contribution >= 4 is 22.1 Å². The molecule has 0 aliphatic heterocycles. The number of oxazole rings is 1. The molecule has 0 bridgehead atoms. The van der Waals surface area contributed by atoms with Crippen LogP contribution < -0.4 is 9.47 Å². The fourth-order valence-electron chi connectivity index (χ4n) is 2.96. The zero-order valence-electron chi connectivity index (χ0n) is 15.1. The maximum absolute atomic E-state index is 5.84. The van der Waals surface area contributed by atoms with E-state index in [2.05, 4.69) is 9.97 Å². The Balaban J connectivity index is 1.38. The highest BCUT2D eigenvalue weighted by molar-refractivity contribution is 5.83. The third-order valence-corrected chi connectivity index (χ3v) is 4.42. The van der Waals surface area contributed by atoms with E-state index in [1.807, 2.05) is 60.7 Å². The van der Waals surface area contributed by atoms with E-state index in [0.717, 1.165) is 16.7 Å². The molecule has 2 aromatic carbocycles. The SMILES string of the molecule is COc1ccc(COc2ccc3oc(-c4cc5ccccc5o4)nc3c2)nc1. The van der Waals surface area contributed by atoms with E-state index in [1.54, 1.807) is 13.3 Å². The number of aromatic nitrogens is 2. The van der Waals surface area contributed by atoms with Crippen LogP contribution in [0.4, 0.5) is 0 Å². The molecule has 0 amide bonds. The Labute approximate surface area is 160 Å². The Kier molecular flexibility index (Phi) is 3.94. The van der Waals surface area contributed by atoms with E-state index < -0.39 is 0 Å². The molecule has 3 aromatic heterocycles. The molecule has 0 atom stereocenters. The fourth-order valence-corrected chi connectivity index (χ4v) is 2.96. The molecule has 5 rings (SSSR count). The van der Waals surface area contributed by atoms with Gasteiger partial charge >= 0.3 is 0 Å². The van der Waals surface area contributed by atoms with Crippen LogP contribution in [-0.2, 0) is 6.61 Å². The van der Waals surface area contributed by atoms with E-state index in [9.17, 15) is 0 Å². The predicted octanol–water partition coefficient (Wildman–Crippen LogP) is 5.22. The number of furan rings is 1. The molecule has 0 saturated carbocycles. The normalized spacial score (nSPS) is 11.2. The summed E-state index contributed by atoms with van der Waals surface area (Å²) in [4.78, 5) is 8.84. The molecule has 0 aliphatic rings. The molecular formula is C22H16N2O4. The van der Waals surface area contributed by atoms with Crippen LogP contribution in [-0.4, -0.2) is 17.1 Å². The van der Waals surface area contributed by atoms with Crippen molar-refractivity contribution in [1.82, 2.24) is 9.97 Å². The van der Waals surface area contributed by atoms with Crippen molar-refractivity contribution in [3.8, 4) is 23.1 Å². The lowest BCUT2D eigenvalue weighted by atomic mass is 10.2. The molecule has 0 fully saturated rings. The van der Waals surface area contributed by atoms with Crippen molar-refractivity contribution in [2.24, 2.45) is 0 Å². The molecule has 0 N–H and O–H groups in total. The van der Waals surface area contributed by atoms with Gasteiger partial charge in [0.25, 0.3) is 5.89 Å². The number of rotatable bonds is 5. The first-order chi connectivity index (χ1) is 13.8. The van der Waals surface area contributed by atoms with Crippen molar-refractivity contribution in [2.45, 2.75) is 6.61 Å². The van der Waals surface area contributed by atoms with Gasteiger partial charge in [0.15, 0.2) is 11.3 Å². The molecular weight excluding hydrogens is 356 g/mol. The van der Waals surface area contributed by atoms with Gasteiger partial charge in [-0.2, -0.15) is 0 Å². The second-order valence-electron chi connectivity index (χ2n) is 6.28. The van der Waals surface area contributed by atoms with E-state index in [1.165, 1.54) is 0 Å². The van der Waals surface area contributed by atoms with Crippen molar-refractivity contribution in [3.63, 3.8) is 0 Å². The maximum atomic E-state index is 5.84. The standard InChI is InChI=1S/C22H16N2O4/c1-25-17-7-6-15(23-12-17)13-26-16-8-9-20-18(11-16)24-22(28-20)21-10-14-4-2-3-5-19(14)27-21/h2-12H,13H2,1H3. The zero-order chi connectivity index (χ0) is 18.9. The van der Waals surface area contributed by atoms with Gasteiger partial charge in [-0.15, -0.1) is 0 Å². The fraction of sp³-hybridized carbons (Fsp3) is 0.0909. The van der Waals surface area contributed by atoms with Gasteiger partial charge in [0.05, 0.1) is 19.0 Å². The summed E-state index contributed by atoms with van der Waals surface area (Å²) >= 11 is 0. The average Bonchev–Trinajstić information content (AvgIpc) is 3.36. The van der Waals surface area contributed by atoms with Crippen LogP contribution in [0, 0.1) is 0 Å². The number of para-hydroxylation sites is 1. The second kappa shape index (κ2) is 6.74. The van der Waals surface area contributed by atoms with E-state index in [0.29, 0.717) is 40.9 Å². The summed E-state index contributed by atoms with van der Waals surface area (Å²) in [7, 11) is 1.61. The third-order valence-electron chi connectivity index (χ3n) is 4.42. The molecule has 6 nitrogen and oxygen atoms in total. The van der Waals surface area contributed by atoms with E-state index in [-0.39, 0.29) is 0 Å². The van der Waals surface area contributed by atoms with Gasteiger partial charge in [0.1, 0.15) is 29.2 Å². The molecule has 5 aromatic rings. The Hall–Kier alpha value is -3.80. The quantitative estimate of drug-likeness (QED) is 0.421. The van der Waals surface area contributed by atoms with Gasteiger partial charge in [-0.25, -0.2) is 4.98 Å². The topological polar surface area (TPSA) is 70.5 Å². The Morgan fingerprint density at radius 2 is 1.79 bits per heavy atom. The monoisotopic (exact) mass is 372 g/mol. The molecule has 0 unspecified atom stereocenters. The number of pyridine rings is 1. The molecule has 0 aliphatic carbocycles. The molecule has 28 heavy (non-hydrogen) atoms. The maximum Gasteiger partial charge on any atom is 0.263 e. The summed E-state index contributed by atoms with van der Waals surface area (Å²) in [6.07, 6.45) is 1.67. The first-order valence-corrected chi connectivity index (χ1v) is 8.80. The van der Waals surface area contributed by atoms with Crippen LogP contribution in [0.15, 0.2) is 75.7 Å². The van der Waals surface area contributed by atoms with Crippen LogP contribution in [0.2, 0.25) is 0 Å². The zero-order valence-corrected chi connectivity index (χ0v) is 15.1. The summed E-state index contributed by atoms with van der Waals surface area (Å²) in [6.45, 7) is 0.351. The van der Waals surface area contributed by atoms with Crippen molar-refractivity contribution < 1.29 is 18.3 Å². The molecule has 0 spiro atoms. The lowest BCUT2D eigenvalue weighted by Gasteiger charge is -2.06. The smallest absolute Gasteiger partial charge is 0.263 e. The van der Waals surface area contributed by atoms with Crippen LogP contribution >= 0.6 is 0 Å². The van der Waals surface area contributed by atoms with E-state index in [4.69, 9.17) is 18.3 Å². The number of nitrogens with zero attached hydrogens (tertiary/aromatic N) is 2. The Morgan fingerprint density at radius 1 is 0.893 bits per heavy atom. The van der Waals surface area contributed by atoms with Crippen molar-refractivity contribution in [2.75, 3.05) is 7.11 Å². The lowest BCUT2D eigenvalue weighted by Crippen LogP contribution is -1.98. The minimum Gasteiger partial charge on any atom is -0.495 e. The van der Waals surface area contributed by atoms with Crippen molar-refractivity contribution in [3.05, 3.63) is 72.6 Å². The summed E-state index contributed by atoms with van der Waals surface area (Å²) in [5, 5.41) is 1.01. The minimum absolute atomic E-state index is 0.351. The second-order valence-corrected chi connectivity index (χ2v) is 6.28. The first kappa shape index (κ1) is 16.4. The highest BCUT2D eigenvalue weighted by atomic mass is 16.5. The summed E-state index contributed by atoms with van der Waals surface area (Å²) in [6, 6.07) is 19.0. The molecule has 3 heterocycles. The van der Waals surface area contributed by atoms with Crippen LogP contribution in [0.5, 0.6) is 11.5 Å². The van der Waals surface area contributed by atoms with Gasteiger partial charge < -0.3 is 18.3 Å². The van der Waals surface area contributed by atoms with Gasteiger partial charge in [0, 0.05) is 11.5 Å². The summed E-state index contributed by atoms with van der Waals surface area (Å²) < 4.78 is 22.6. The van der Waals surface area contributed by atoms with Gasteiger partial charge in [-0.3, -0.25) is 4.98 Å². The summed E-state index contributed by atoms with van der Waals surface area (Å²) in [5.41, 5.74) is 2.99. The molecule has 0 radical (unpaired) electrons. The highest BCUT2D eigenvalue weighted by Crippen LogP contribution is 2.31.